The number of halogens is 3. The lowest BCUT2D eigenvalue weighted by molar-refractivity contribution is -0.192. The molecule has 0 aliphatic carbocycles. The number of aromatic nitrogens is 3. The molecule has 120 valence electrons. The fourth-order valence-electron chi connectivity index (χ4n) is 2.24. The summed E-state index contributed by atoms with van der Waals surface area (Å²) in [6.07, 6.45) is 1.08. The van der Waals surface area contributed by atoms with Gasteiger partial charge in [0.2, 0.25) is 0 Å². The number of rotatable bonds is 1. The van der Waals surface area contributed by atoms with Gasteiger partial charge in [-0.15, -0.1) is 0 Å². The van der Waals surface area contributed by atoms with Crippen LogP contribution < -0.4 is 5.32 Å². The first-order valence-electron chi connectivity index (χ1n) is 6.69. The molecule has 0 aromatic carbocycles. The number of hydrogen-bond acceptors (Lipinski definition) is 4. The number of fused-ring (bicyclic) bond motifs is 1. The highest BCUT2D eigenvalue weighted by Gasteiger charge is 2.38. The van der Waals surface area contributed by atoms with E-state index in [2.05, 4.69) is 15.4 Å². The molecular weight excluding hydrogens is 301 g/mol. The highest BCUT2D eigenvalue weighted by atomic mass is 19.4. The first kappa shape index (κ1) is 16.2. The van der Waals surface area contributed by atoms with Crippen LogP contribution in [0.25, 0.3) is 5.65 Å². The number of nitrogens with one attached hydrogen (secondary N) is 1. The molecule has 1 aliphatic heterocycles. The maximum Gasteiger partial charge on any atom is 0.490 e. The van der Waals surface area contributed by atoms with Crippen molar-refractivity contribution in [2.75, 3.05) is 13.1 Å². The van der Waals surface area contributed by atoms with Gasteiger partial charge in [0, 0.05) is 12.1 Å². The van der Waals surface area contributed by atoms with Gasteiger partial charge in [0.15, 0.2) is 5.65 Å². The molecule has 0 unspecified atom stereocenters. The average molecular weight is 316 g/mol. The third kappa shape index (κ3) is 3.94. The topological polar surface area (TPSA) is 79.5 Å². The molecule has 1 aliphatic rings. The van der Waals surface area contributed by atoms with Crippen LogP contribution >= 0.6 is 0 Å². The second-order valence-corrected chi connectivity index (χ2v) is 4.80. The van der Waals surface area contributed by atoms with Crippen LogP contribution in [0.2, 0.25) is 0 Å². The van der Waals surface area contributed by atoms with Gasteiger partial charge in [-0.2, -0.15) is 18.3 Å². The predicted molar refractivity (Wildman–Crippen MR) is 71.5 cm³/mol. The van der Waals surface area contributed by atoms with Crippen LogP contribution in [0.1, 0.15) is 24.5 Å². The van der Waals surface area contributed by atoms with Gasteiger partial charge in [-0.25, -0.2) is 14.3 Å². The van der Waals surface area contributed by atoms with Crippen LogP contribution in [0.5, 0.6) is 0 Å². The number of hydrogen-bond donors (Lipinski definition) is 2. The van der Waals surface area contributed by atoms with E-state index >= 15 is 0 Å². The minimum absolute atomic E-state index is 0.608. The fraction of sp³-hybridized carbons (Fsp3) is 0.462. The quantitative estimate of drug-likeness (QED) is 0.839. The van der Waals surface area contributed by atoms with E-state index in [1.165, 1.54) is 18.5 Å². The Labute approximate surface area is 124 Å². The Morgan fingerprint density at radius 2 is 2.00 bits per heavy atom. The van der Waals surface area contributed by atoms with E-state index in [0.29, 0.717) is 5.92 Å². The Morgan fingerprint density at radius 1 is 1.36 bits per heavy atom. The average Bonchev–Trinajstić information content (AvgIpc) is 2.92. The summed E-state index contributed by atoms with van der Waals surface area (Å²) >= 11 is 0. The van der Waals surface area contributed by atoms with E-state index in [9.17, 15) is 13.2 Å². The smallest absolute Gasteiger partial charge is 0.475 e. The Balaban J connectivity index is 0.000000217. The summed E-state index contributed by atoms with van der Waals surface area (Å²) in [5, 5.41) is 14.8. The first-order chi connectivity index (χ1) is 10.4. The highest BCUT2D eigenvalue weighted by molar-refractivity contribution is 5.73. The molecule has 0 atom stereocenters. The molecule has 3 heterocycles. The maximum atomic E-state index is 10.6. The van der Waals surface area contributed by atoms with Crippen LogP contribution in [-0.4, -0.2) is 44.9 Å². The lowest BCUT2D eigenvalue weighted by Crippen LogP contribution is -2.27. The number of alkyl halides is 3. The molecule has 1 fully saturated rings. The summed E-state index contributed by atoms with van der Waals surface area (Å²) in [5.74, 6) is -2.15. The SMILES string of the molecule is O=C(O)C(F)(F)F.c1cnn2c(C3CCNCC3)cnc2c1. The van der Waals surface area contributed by atoms with Crippen molar-refractivity contribution in [1.29, 1.82) is 0 Å². The van der Waals surface area contributed by atoms with Crippen molar-refractivity contribution in [3.05, 3.63) is 30.2 Å². The lowest BCUT2D eigenvalue weighted by atomic mass is 9.95. The Kier molecular flexibility index (Phi) is 4.96. The molecule has 1 saturated heterocycles. The van der Waals surface area contributed by atoms with Gasteiger partial charge >= 0.3 is 12.1 Å². The van der Waals surface area contributed by atoms with E-state index in [1.54, 1.807) is 0 Å². The summed E-state index contributed by atoms with van der Waals surface area (Å²) in [4.78, 5) is 13.3. The zero-order chi connectivity index (χ0) is 16.2. The molecule has 9 heteroatoms. The summed E-state index contributed by atoms with van der Waals surface area (Å²) in [7, 11) is 0. The molecule has 0 spiro atoms. The third-order valence-electron chi connectivity index (χ3n) is 3.30. The lowest BCUT2D eigenvalue weighted by Gasteiger charge is -2.21. The Hall–Kier alpha value is -2.16. The summed E-state index contributed by atoms with van der Waals surface area (Å²) in [5.41, 5.74) is 2.21. The largest absolute Gasteiger partial charge is 0.490 e. The van der Waals surface area contributed by atoms with Gasteiger partial charge in [-0.3, -0.25) is 0 Å². The molecule has 6 nitrogen and oxygen atoms in total. The Morgan fingerprint density at radius 3 is 2.59 bits per heavy atom. The minimum Gasteiger partial charge on any atom is -0.475 e. The molecule has 22 heavy (non-hydrogen) atoms. The van der Waals surface area contributed by atoms with Crippen molar-refractivity contribution >= 4 is 11.6 Å². The standard InChI is InChI=1S/C11H14N4.C2HF3O2/c1-2-11-13-8-10(15(11)14-5-1)9-3-6-12-7-4-9;3-2(4,5)1(6)7/h1-2,5,8-9,12H,3-4,6-7H2;(H,6,7). The van der Waals surface area contributed by atoms with Crippen molar-refractivity contribution in [1.82, 2.24) is 19.9 Å². The number of imidazole rings is 1. The molecular formula is C13H15F3N4O2. The minimum atomic E-state index is -5.08. The second kappa shape index (κ2) is 6.73. The van der Waals surface area contributed by atoms with Gasteiger partial charge < -0.3 is 10.4 Å². The number of carbonyl (C=O) groups is 1. The Bertz CT molecular complexity index is 635. The highest BCUT2D eigenvalue weighted by Crippen LogP contribution is 2.24. The first-order valence-corrected chi connectivity index (χ1v) is 6.69. The normalized spacial score (nSPS) is 16.1. The molecule has 2 N–H and O–H groups in total. The van der Waals surface area contributed by atoms with Crippen LogP contribution in [0.4, 0.5) is 13.2 Å². The zero-order valence-electron chi connectivity index (χ0n) is 11.5. The van der Waals surface area contributed by atoms with Gasteiger partial charge in [-0.1, -0.05) is 0 Å². The molecule has 3 rings (SSSR count). The van der Waals surface area contributed by atoms with Crippen molar-refractivity contribution in [2.45, 2.75) is 24.9 Å². The number of carboxylic acid groups (broad SMARTS) is 1. The van der Waals surface area contributed by atoms with Crippen molar-refractivity contribution in [2.24, 2.45) is 0 Å². The van der Waals surface area contributed by atoms with Gasteiger partial charge in [0.25, 0.3) is 0 Å². The van der Waals surface area contributed by atoms with Crippen molar-refractivity contribution in [3.63, 3.8) is 0 Å². The summed E-state index contributed by atoms with van der Waals surface area (Å²) in [6.45, 7) is 2.20. The summed E-state index contributed by atoms with van der Waals surface area (Å²) in [6, 6.07) is 3.92. The van der Waals surface area contributed by atoms with Crippen LogP contribution in [0, 0.1) is 0 Å². The number of carboxylic acids is 1. The number of aliphatic carboxylic acids is 1. The van der Waals surface area contributed by atoms with E-state index in [-0.39, 0.29) is 0 Å². The van der Waals surface area contributed by atoms with Crippen molar-refractivity contribution in [3.8, 4) is 0 Å². The van der Waals surface area contributed by atoms with Crippen molar-refractivity contribution < 1.29 is 23.1 Å². The van der Waals surface area contributed by atoms with Crippen LogP contribution in [0.3, 0.4) is 0 Å². The molecule has 0 saturated carbocycles. The van der Waals surface area contributed by atoms with E-state index in [1.807, 2.05) is 29.0 Å². The molecule has 0 amide bonds. The molecule has 2 aromatic heterocycles. The van der Waals surface area contributed by atoms with Gasteiger partial charge in [0.1, 0.15) is 0 Å². The van der Waals surface area contributed by atoms with Gasteiger partial charge in [-0.05, 0) is 38.1 Å². The van der Waals surface area contributed by atoms with E-state index in [0.717, 1.165) is 18.7 Å². The molecule has 0 radical (unpaired) electrons. The number of nitrogens with zero attached hydrogens (tertiary/aromatic N) is 3. The summed E-state index contributed by atoms with van der Waals surface area (Å²) < 4.78 is 33.7. The predicted octanol–water partition coefficient (Wildman–Crippen LogP) is 1.83. The van der Waals surface area contributed by atoms with E-state index in [4.69, 9.17) is 9.90 Å². The van der Waals surface area contributed by atoms with E-state index < -0.39 is 12.1 Å². The fourth-order valence-corrected chi connectivity index (χ4v) is 2.24. The third-order valence-corrected chi connectivity index (χ3v) is 3.30. The second-order valence-electron chi connectivity index (χ2n) is 4.80. The maximum absolute atomic E-state index is 10.6. The number of piperidine rings is 1. The van der Waals surface area contributed by atoms with Crippen LogP contribution in [-0.2, 0) is 4.79 Å². The monoisotopic (exact) mass is 316 g/mol. The van der Waals surface area contributed by atoms with Crippen LogP contribution in [0.15, 0.2) is 24.5 Å². The zero-order valence-corrected chi connectivity index (χ0v) is 11.5. The molecule has 0 bridgehead atoms. The van der Waals surface area contributed by atoms with Gasteiger partial charge in [0.05, 0.1) is 11.9 Å². The molecule has 2 aromatic rings.